The van der Waals surface area contributed by atoms with Crippen molar-refractivity contribution in [3.05, 3.63) is 22.1 Å². The number of rotatable bonds is 1. The predicted molar refractivity (Wildman–Crippen MR) is 102 cm³/mol. The lowest BCUT2D eigenvalue weighted by molar-refractivity contribution is 0.0671. The Balaban J connectivity index is 1.64. The summed E-state index contributed by atoms with van der Waals surface area (Å²) in [4.78, 5) is 26.8. The number of thiophene rings is 1. The fraction of sp³-hybridized carbons (Fsp3) is 0.579. The summed E-state index contributed by atoms with van der Waals surface area (Å²) >= 11 is 1.79. The second-order valence-electron chi connectivity index (χ2n) is 7.72. The first-order chi connectivity index (χ1) is 12.6. The molecule has 136 valence electrons. The maximum absolute atomic E-state index is 13.0. The topological polar surface area (TPSA) is 63.4 Å². The molecule has 3 aromatic heterocycles. The average Bonchev–Trinajstić information content (AvgIpc) is 3.22. The number of carbonyl (C=O) groups is 1. The number of aromatic nitrogens is 4. The van der Waals surface area contributed by atoms with Gasteiger partial charge in [-0.1, -0.05) is 6.92 Å². The van der Waals surface area contributed by atoms with Gasteiger partial charge in [-0.25, -0.2) is 9.97 Å². The Hall–Kier alpha value is -2.02. The molecule has 0 N–H and O–H groups in total. The number of amides is 1. The highest BCUT2D eigenvalue weighted by molar-refractivity contribution is 7.19. The lowest BCUT2D eigenvalue weighted by Gasteiger charge is -2.29. The molecule has 0 bridgehead atoms. The summed E-state index contributed by atoms with van der Waals surface area (Å²) in [5.41, 5.74) is 2.19. The van der Waals surface area contributed by atoms with Crippen molar-refractivity contribution < 1.29 is 4.79 Å². The summed E-state index contributed by atoms with van der Waals surface area (Å²) < 4.78 is 1.77. The molecule has 0 saturated carbocycles. The van der Waals surface area contributed by atoms with Gasteiger partial charge in [-0.15, -0.1) is 16.4 Å². The van der Waals surface area contributed by atoms with Gasteiger partial charge in [-0.3, -0.25) is 4.79 Å². The van der Waals surface area contributed by atoms with Crippen LogP contribution in [0.15, 0.2) is 0 Å². The van der Waals surface area contributed by atoms with Crippen LogP contribution >= 0.6 is 11.3 Å². The van der Waals surface area contributed by atoms with Crippen molar-refractivity contribution in [2.45, 2.75) is 52.4 Å². The number of piperidine rings is 1. The van der Waals surface area contributed by atoms with E-state index in [2.05, 4.69) is 12.0 Å². The first kappa shape index (κ1) is 16.2. The third kappa shape index (κ3) is 2.44. The summed E-state index contributed by atoms with van der Waals surface area (Å²) in [5.74, 6) is 1.61. The van der Waals surface area contributed by atoms with Crippen LogP contribution in [-0.2, 0) is 12.8 Å². The standard InChI is InChI=1S/C19H23N5OS/c1-11-6-5-9-23(10-11)19(25)16-21-17-15-13-7-3-4-8-14(13)26-18(15)20-12(2)24(17)22-16/h11H,3-10H2,1-2H3. The van der Waals surface area contributed by atoms with Crippen molar-refractivity contribution in [1.29, 1.82) is 0 Å². The van der Waals surface area contributed by atoms with Crippen LogP contribution in [0.1, 0.15) is 59.5 Å². The van der Waals surface area contributed by atoms with E-state index in [9.17, 15) is 4.79 Å². The Kier molecular flexibility index (Phi) is 3.74. The summed E-state index contributed by atoms with van der Waals surface area (Å²) in [6.07, 6.45) is 6.92. The lowest BCUT2D eigenvalue weighted by Crippen LogP contribution is -2.39. The van der Waals surface area contributed by atoms with E-state index in [1.165, 1.54) is 29.7 Å². The number of hydrogen-bond acceptors (Lipinski definition) is 5. The highest BCUT2D eigenvalue weighted by atomic mass is 32.1. The van der Waals surface area contributed by atoms with Gasteiger partial charge in [0.2, 0.25) is 5.82 Å². The minimum Gasteiger partial charge on any atom is -0.336 e. The minimum atomic E-state index is -0.0445. The van der Waals surface area contributed by atoms with Crippen LogP contribution < -0.4 is 0 Å². The molecule has 5 rings (SSSR count). The Morgan fingerprint density at radius 1 is 1.19 bits per heavy atom. The van der Waals surface area contributed by atoms with E-state index < -0.39 is 0 Å². The lowest BCUT2D eigenvalue weighted by atomic mass is 9.97. The summed E-state index contributed by atoms with van der Waals surface area (Å²) in [6, 6.07) is 0. The molecule has 1 amide bonds. The van der Waals surface area contributed by atoms with Gasteiger partial charge >= 0.3 is 0 Å². The number of carbonyl (C=O) groups excluding carboxylic acids is 1. The normalized spacial score (nSPS) is 20.7. The molecule has 6 nitrogen and oxygen atoms in total. The molecule has 1 aliphatic heterocycles. The third-order valence-electron chi connectivity index (χ3n) is 5.69. The summed E-state index contributed by atoms with van der Waals surface area (Å²) in [7, 11) is 0. The molecule has 2 aliphatic rings. The summed E-state index contributed by atoms with van der Waals surface area (Å²) in [5, 5.41) is 5.67. The number of nitrogens with zero attached hydrogens (tertiary/aromatic N) is 5. The SMILES string of the molecule is Cc1nc2sc3c(c2c2nc(C(=O)N4CCCC(C)C4)nn12)CCCC3. The van der Waals surface area contributed by atoms with Crippen molar-refractivity contribution in [2.75, 3.05) is 13.1 Å². The zero-order chi connectivity index (χ0) is 17.8. The minimum absolute atomic E-state index is 0.0445. The van der Waals surface area contributed by atoms with E-state index in [4.69, 9.17) is 9.97 Å². The van der Waals surface area contributed by atoms with Gasteiger partial charge in [-0.05, 0) is 56.9 Å². The Bertz CT molecular complexity index is 1020. The second-order valence-corrected chi connectivity index (χ2v) is 8.80. The second kappa shape index (κ2) is 6.01. The molecular weight excluding hydrogens is 346 g/mol. The quantitative estimate of drug-likeness (QED) is 0.659. The van der Waals surface area contributed by atoms with Gasteiger partial charge in [0.05, 0.1) is 5.39 Å². The van der Waals surface area contributed by atoms with Crippen LogP contribution in [-0.4, -0.2) is 43.5 Å². The fourth-order valence-electron chi connectivity index (χ4n) is 4.36. The van der Waals surface area contributed by atoms with Gasteiger partial charge in [0.15, 0.2) is 5.65 Å². The molecule has 0 radical (unpaired) electrons. The Labute approximate surface area is 156 Å². The van der Waals surface area contributed by atoms with E-state index >= 15 is 0 Å². The molecule has 1 fully saturated rings. The van der Waals surface area contributed by atoms with Gasteiger partial charge in [0.25, 0.3) is 5.91 Å². The van der Waals surface area contributed by atoms with E-state index in [-0.39, 0.29) is 5.91 Å². The van der Waals surface area contributed by atoms with Crippen LogP contribution in [0.2, 0.25) is 0 Å². The molecule has 4 heterocycles. The number of fused-ring (bicyclic) bond motifs is 5. The maximum Gasteiger partial charge on any atom is 0.293 e. The molecule has 0 aromatic carbocycles. The highest BCUT2D eigenvalue weighted by Gasteiger charge is 2.27. The fourth-order valence-corrected chi connectivity index (χ4v) is 5.66. The zero-order valence-electron chi connectivity index (χ0n) is 15.3. The number of hydrogen-bond donors (Lipinski definition) is 0. The highest BCUT2D eigenvalue weighted by Crippen LogP contribution is 2.37. The monoisotopic (exact) mass is 369 g/mol. The first-order valence-corrected chi connectivity index (χ1v) is 10.4. The predicted octanol–water partition coefficient (Wildman–Crippen LogP) is 3.40. The van der Waals surface area contributed by atoms with Crippen molar-refractivity contribution in [2.24, 2.45) is 5.92 Å². The smallest absolute Gasteiger partial charge is 0.293 e. The molecule has 0 spiro atoms. The molecule has 1 saturated heterocycles. The molecule has 1 unspecified atom stereocenters. The maximum atomic E-state index is 13.0. The van der Waals surface area contributed by atoms with Crippen molar-refractivity contribution in [3.63, 3.8) is 0 Å². The van der Waals surface area contributed by atoms with Crippen LogP contribution in [0.25, 0.3) is 15.9 Å². The van der Waals surface area contributed by atoms with Crippen LogP contribution in [0.5, 0.6) is 0 Å². The molecule has 3 aromatic rings. The van der Waals surface area contributed by atoms with E-state index in [0.29, 0.717) is 11.7 Å². The van der Waals surface area contributed by atoms with E-state index in [0.717, 1.165) is 54.0 Å². The van der Waals surface area contributed by atoms with E-state index in [1.807, 2.05) is 11.8 Å². The van der Waals surface area contributed by atoms with E-state index in [1.54, 1.807) is 15.9 Å². The van der Waals surface area contributed by atoms with Crippen molar-refractivity contribution in [3.8, 4) is 0 Å². The molecule has 1 aliphatic carbocycles. The average molecular weight is 369 g/mol. The number of likely N-dealkylation sites (tertiary alicyclic amines) is 1. The molecule has 1 atom stereocenters. The van der Waals surface area contributed by atoms with Crippen LogP contribution in [0.4, 0.5) is 0 Å². The van der Waals surface area contributed by atoms with Gasteiger partial charge < -0.3 is 4.90 Å². The summed E-state index contributed by atoms with van der Waals surface area (Å²) in [6.45, 7) is 5.75. The molecular formula is C19H23N5OS. The number of aryl methyl sites for hydroxylation is 3. The van der Waals surface area contributed by atoms with Crippen LogP contribution in [0.3, 0.4) is 0 Å². The van der Waals surface area contributed by atoms with Crippen LogP contribution in [0, 0.1) is 12.8 Å². The van der Waals surface area contributed by atoms with Crippen molar-refractivity contribution in [1.82, 2.24) is 24.5 Å². The first-order valence-electron chi connectivity index (χ1n) is 9.58. The Morgan fingerprint density at radius 2 is 2.04 bits per heavy atom. The molecule has 26 heavy (non-hydrogen) atoms. The third-order valence-corrected chi connectivity index (χ3v) is 6.87. The van der Waals surface area contributed by atoms with Gasteiger partial charge in [0.1, 0.15) is 10.7 Å². The largest absolute Gasteiger partial charge is 0.336 e. The molecule has 7 heteroatoms. The van der Waals surface area contributed by atoms with Crippen molar-refractivity contribution >= 4 is 33.1 Å². The van der Waals surface area contributed by atoms with Gasteiger partial charge in [-0.2, -0.15) is 4.52 Å². The Morgan fingerprint density at radius 3 is 2.88 bits per heavy atom. The van der Waals surface area contributed by atoms with Gasteiger partial charge in [0, 0.05) is 18.0 Å². The zero-order valence-corrected chi connectivity index (χ0v) is 16.1.